The van der Waals surface area contributed by atoms with E-state index in [1.54, 1.807) is 18.2 Å². The molecule has 268 valence electrons. The number of ether oxygens (including phenoxy) is 1. The summed E-state index contributed by atoms with van der Waals surface area (Å²) in [5.74, 6) is -0.178. The standard InChI is InChI=1S/C40H32F3N5O5/c1-6-47(7-2)25-10-14-29-33(22-44)30(38(49)52-35(29)20-25)16-12-27-18-24(34(23-45)46-5)19-28(51-27)13-17-32-37(40(41,42)43)31-15-11-26(48(8-3)9-4)21-36(31)53-39(32)50/h10-21H,6-9H2,1-4H3/b16-12+,17-13+,34-24-. The molecule has 1 aliphatic rings. The van der Waals surface area contributed by atoms with Gasteiger partial charge in [0.1, 0.15) is 28.8 Å². The van der Waals surface area contributed by atoms with Crippen LogP contribution in [0.25, 0.3) is 38.9 Å². The number of benzene rings is 2. The summed E-state index contributed by atoms with van der Waals surface area (Å²) in [7, 11) is 0. The molecule has 2 aromatic carbocycles. The number of nitrogens with zero attached hydrogens (tertiary/aromatic N) is 5. The van der Waals surface area contributed by atoms with Crippen LogP contribution in [0.3, 0.4) is 0 Å². The Kier molecular flexibility index (Phi) is 11.1. The van der Waals surface area contributed by atoms with Crippen LogP contribution < -0.4 is 21.1 Å². The fourth-order valence-electron chi connectivity index (χ4n) is 6.04. The van der Waals surface area contributed by atoms with Gasteiger partial charge in [0.25, 0.3) is 5.70 Å². The van der Waals surface area contributed by atoms with Gasteiger partial charge in [0.05, 0.1) is 34.9 Å². The minimum Gasteiger partial charge on any atom is -0.457 e. The Hall–Kier alpha value is -6.78. The second-order valence-electron chi connectivity index (χ2n) is 11.6. The normalized spacial score (nSPS) is 14.0. The first-order chi connectivity index (χ1) is 25.4. The molecule has 13 heteroatoms. The molecule has 0 bridgehead atoms. The molecule has 0 saturated carbocycles. The number of nitriles is 2. The topological polar surface area (TPSA) is 128 Å². The Morgan fingerprint density at radius 2 is 1.28 bits per heavy atom. The van der Waals surface area contributed by atoms with Gasteiger partial charge < -0.3 is 23.4 Å². The number of hydrogen-bond donors (Lipinski definition) is 0. The van der Waals surface area contributed by atoms with Crippen LogP contribution in [0.2, 0.25) is 0 Å². The second-order valence-corrected chi connectivity index (χ2v) is 11.6. The Morgan fingerprint density at radius 3 is 1.75 bits per heavy atom. The molecule has 3 heterocycles. The molecular weight excluding hydrogens is 687 g/mol. The number of halogens is 3. The van der Waals surface area contributed by atoms with E-state index in [-0.39, 0.29) is 50.5 Å². The van der Waals surface area contributed by atoms with Crippen LogP contribution in [0, 0.1) is 29.2 Å². The van der Waals surface area contributed by atoms with Crippen LogP contribution in [0.1, 0.15) is 49.9 Å². The summed E-state index contributed by atoms with van der Waals surface area (Å²) < 4.78 is 60.5. The van der Waals surface area contributed by atoms with Crippen molar-refractivity contribution < 1.29 is 26.7 Å². The minimum absolute atomic E-state index is 0.0345. The Bertz CT molecular complexity index is 2490. The van der Waals surface area contributed by atoms with Crippen molar-refractivity contribution in [2.24, 2.45) is 0 Å². The van der Waals surface area contributed by atoms with Gasteiger partial charge in [0, 0.05) is 60.5 Å². The summed E-state index contributed by atoms with van der Waals surface area (Å²) in [6, 6.07) is 13.2. The molecule has 0 spiro atoms. The van der Waals surface area contributed by atoms with E-state index in [1.807, 2.05) is 38.7 Å². The zero-order chi connectivity index (χ0) is 38.4. The molecule has 1 aliphatic heterocycles. The Labute approximate surface area is 302 Å². The Morgan fingerprint density at radius 1 is 0.792 bits per heavy atom. The van der Waals surface area contributed by atoms with Gasteiger partial charge in [-0.3, -0.25) is 0 Å². The lowest BCUT2D eigenvalue weighted by atomic mass is 10.0. The molecule has 2 aromatic heterocycles. The Balaban J connectivity index is 1.56. The molecule has 10 nitrogen and oxygen atoms in total. The van der Waals surface area contributed by atoms with Crippen molar-refractivity contribution in [3.63, 3.8) is 0 Å². The van der Waals surface area contributed by atoms with E-state index in [0.29, 0.717) is 37.3 Å². The van der Waals surface area contributed by atoms with Crippen LogP contribution >= 0.6 is 0 Å². The first kappa shape index (κ1) is 37.5. The first-order valence-electron chi connectivity index (χ1n) is 16.6. The molecule has 0 amide bonds. The maximum Gasteiger partial charge on any atom is 0.417 e. The van der Waals surface area contributed by atoms with Crippen molar-refractivity contribution >= 4 is 45.5 Å². The van der Waals surface area contributed by atoms with Crippen molar-refractivity contribution in [1.82, 2.24) is 0 Å². The van der Waals surface area contributed by atoms with Crippen LogP contribution in [0.5, 0.6) is 0 Å². The summed E-state index contributed by atoms with van der Waals surface area (Å²) in [5, 5.41) is 19.7. The summed E-state index contributed by atoms with van der Waals surface area (Å²) in [4.78, 5) is 33.4. The molecule has 5 rings (SSSR count). The van der Waals surface area contributed by atoms with Gasteiger partial charge in [0.2, 0.25) is 0 Å². The first-order valence-corrected chi connectivity index (χ1v) is 16.6. The van der Waals surface area contributed by atoms with E-state index < -0.39 is 28.6 Å². The summed E-state index contributed by atoms with van der Waals surface area (Å²) in [6.07, 6.45) is 2.15. The third-order valence-electron chi connectivity index (χ3n) is 8.66. The predicted octanol–water partition coefficient (Wildman–Crippen LogP) is 8.70. The molecule has 0 unspecified atom stereocenters. The molecular formula is C40H32F3N5O5. The number of hydrogen-bond acceptors (Lipinski definition) is 9. The summed E-state index contributed by atoms with van der Waals surface area (Å²) in [6.45, 7) is 17.8. The summed E-state index contributed by atoms with van der Waals surface area (Å²) in [5.41, 5.74) is -3.02. The van der Waals surface area contributed by atoms with Crippen LogP contribution in [-0.4, -0.2) is 26.2 Å². The summed E-state index contributed by atoms with van der Waals surface area (Å²) >= 11 is 0. The fourth-order valence-corrected chi connectivity index (χ4v) is 6.04. The van der Waals surface area contributed by atoms with Gasteiger partial charge in [-0.25, -0.2) is 19.7 Å². The molecule has 4 aromatic rings. The van der Waals surface area contributed by atoms with Crippen LogP contribution in [0.4, 0.5) is 24.5 Å². The number of alkyl halides is 3. The molecule has 0 N–H and O–H groups in total. The molecule has 0 fully saturated rings. The zero-order valence-electron chi connectivity index (χ0n) is 29.2. The highest BCUT2D eigenvalue weighted by Gasteiger charge is 2.37. The molecule has 0 atom stereocenters. The third kappa shape index (κ3) is 7.63. The van der Waals surface area contributed by atoms with E-state index in [1.165, 1.54) is 42.5 Å². The minimum atomic E-state index is -4.95. The van der Waals surface area contributed by atoms with Crippen molar-refractivity contribution in [2.45, 2.75) is 33.9 Å². The number of allylic oxidation sites excluding steroid dienone is 6. The lowest BCUT2D eigenvalue weighted by molar-refractivity contribution is -0.136. The molecule has 0 saturated heterocycles. The van der Waals surface area contributed by atoms with Crippen molar-refractivity contribution in [3.05, 3.63) is 138 Å². The maximum absolute atomic E-state index is 14.6. The van der Waals surface area contributed by atoms with Crippen LogP contribution in [0.15, 0.2) is 102 Å². The highest BCUT2D eigenvalue weighted by Crippen LogP contribution is 2.38. The van der Waals surface area contributed by atoms with E-state index in [4.69, 9.17) is 20.1 Å². The largest absolute Gasteiger partial charge is 0.457 e. The van der Waals surface area contributed by atoms with E-state index >= 15 is 0 Å². The average molecular weight is 720 g/mol. The smallest absolute Gasteiger partial charge is 0.417 e. The van der Waals surface area contributed by atoms with Crippen molar-refractivity contribution in [1.29, 1.82) is 10.5 Å². The van der Waals surface area contributed by atoms with E-state index in [2.05, 4.69) is 15.8 Å². The quantitative estimate of drug-likeness (QED) is 0.0898. The number of anilines is 2. The van der Waals surface area contributed by atoms with E-state index in [9.17, 15) is 33.3 Å². The predicted molar refractivity (Wildman–Crippen MR) is 196 cm³/mol. The molecule has 53 heavy (non-hydrogen) atoms. The number of rotatable bonds is 10. The van der Waals surface area contributed by atoms with Crippen LogP contribution in [-0.2, 0) is 10.9 Å². The highest BCUT2D eigenvalue weighted by molar-refractivity contribution is 5.89. The SMILES string of the molecule is [C-]#[N+]/C(C#N)=C1C=C(/C=C/c2c(C#N)c3ccc(N(CC)CC)cc3oc2=O)OC(/C=C/c2c(C(F)(F)F)c3ccc(N(CC)CC)cc3oc2=O)=C/1. The van der Waals surface area contributed by atoms with Crippen molar-refractivity contribution in [2.75, 3.05) is 36.0 Å². The average Bonchev–Trinajstić information content (AvgIpc) is 3.13. The fraction of sp³-hybridized carbons (Fsp3) is 0.225. The zero-order valence-corrected chi connectivity index (χ0v) is 29.2. The lowest BCUT2D eigenvalue weighted by Gasteiger charge is -2.21. The van der Waals surface area contributed by atoms with Gasteiger partial charge in [-0.05, 0) is 94.0 Å². The van der Waals surface area contributed by atoms with Gasteiger partial charge in [-0.1, -0.05) is 0 Å². The van der Waals surface area contributed by atoms with Gasteiger partial charge in [-0.2, -0.15) is 18.4 Å². The third-order valence-corrected chi connectivity index (χ3v) is 8.66. The van der Waals surface area contributed by atoms with E-state index in [0.717, 1.165) is 17.8 Å². The maximum atomic E-state index is 14.6. The van der Waals surface area contributed by atoms with Crippen molar-refractivity contribution in [3.8, 4) is 12.1 Å². The molecule has 0 radical (unpaired) electrons. The lowest BCUT2D eigenvalue weighted by Crippen LogP contribution is -2.22. The van der Waals surface area contributed by atoms with Gasteiger partial charge >= 0.3 is 17.4 Å². The molecule has 0 aliphatic carbocycles. The van der Waals surface area contributed by atoms with Gasteiger partial charge in [0.15, 0.2) is 0 Å². The monoisotopic (exact) mass is 719 g/mol. The number of fused-ring (bicyclic) bond motifs is 2. The van der Waals surface area contributed by atoms with Gasteiger partial charge in [-0.15, -0.1) is 0 Å². The highest BCUT2D eigenvalue weighted by atomic mass is 19.4. The second kappa shape index (κ2) is 15.6.